The number of pyridine rings is 2. The lowest BCUT2D eigenvalue weighted by atomic mass is 9.82. The number of fused-ring (bicyclic) bond motifs is 1. The lowest BCUT2D eigenvalue weighted by Crippen LogP contribution is -2.15. The third kappa shape index (κ3) is 4.59. The van der Waals surface area contributed by atoms with Crippen LogP contribution in [0.5, 0.6) is 0 Å². The Bertz CT molecular complexity index is 1290. The molecular weight excluding hydrogens is 403 g/mol. The van der Waals surface area contributed by atoms with Gasteiger partial charge in [-0.1, -0.05) is 45.6 Å². The van der Waals surface area contributed by atoms with E-state index in [1.165, 1.54) is 12.4 Å². The highest BCUT2D eigenvalue weighted by atomic mass is 19.1. The fraction of sp³-hybridized carbons (Fsp3) is 0.280. The molecule has 4 aromatic rings. The summed E-state index contributed by atoms with van der Waals surface area (Å²) < 4.78 is 16.1. The zero-order chi connectivity index (χ0) is 22.7. The number of nitrogens with zero attached hydrogens (tertiary/aromatic N) is 5. The van der Waals surface area contributed by atoms with Gasteiger partial charge in [0.15, 0.2) is 11.6 Å². The van der Waals surface area contributed by atoms with Gasteiger partial charge in [-0.25, -0.2) is 13.9 Å². The average Bonchev–Trinajstić information content (AvgIpc) is 3.18. The van der Waals surface area contributed by atoms with Crippen LogP contribution in [0.1, 0.15) is 33.3 Å². The molecule has 0 aliphatic rings. The summed E-state index contributed by atoms with van der Waals surface area (Å²) in [5.74, 6) is 7.35. The molecule has 1 N–H and O–H groups in total. The minimum absolute atomic E-state index is 0.113. The lowest BCUT2D eigenvalue weighted by molar-refractivity contribution is 0.324. The van der Waals surface area contributed by atoms with E-state index < -0.39 is 5.82 Å². The van der Waals surface area contributed by atoms with Crippen LogP contribution in [0.25, 0.3) is 17.0 Å². The first-order valence-electron chi connectivity index (χ1n) is 10.5. The van der Waals surface area contributed by atoms with E-state index in [9.17, 15) is 4.39 Å². The summed E-state index contributed by atoms with van der Waals surface area (Å²) in [5.41, 5.74) is 2.73. The highest BCUT2D eigenvalue weighted by Gasteiger charge is 2.18. The molecule has 32 heavy (non-hydrogen) atoms. The average molecular weight is 429 g/mol. The third-order valence-corrected chi connectivity index (χ3v) is 5.41. The predicted octanol–water partition coefficient (Wildman–Crippen LogP) is 5.30. The summed E-state index contributed by atoms with van der Waals surface area (Å²) in [6.07, 6.45) is 6.78. The molecule has 6 nitrogen and oxygen atoms in total. The maximum atomic E-state index is 14.3. The molecule has 0 aromatic carbocycles. The largest absolute Gasteiger partial charge is 0.336 e. The molecule has 4 heterocycles. The Morgan fingerprint density at radius 3 is 2.72 bits per heavy atom. The molecule has 0 radical (unpaired) electrons. The van der Waals surface area contributed by atoms with Gasteiger partial charge >= 0.3 is 0 Å². The van der Waals surface area contributed by atoms with Gasteiger partial charge in [0.2, 0.25) is 5.82 Å². The van der Waals surface area contributed by atoms with Crippen molar-refractivity contribution in [3.05, 3.63) is 66.5 Å². The molecule has 0 saturated carbocycles. The van der Waals surface area contributed by atoms with E-state index in [1.54, 1.807) is 16.8 Å². The van der Waals surface area contributed by atoms with E-state index >= 15 is 0 Å². The van der Waals surface area contributed by atoms with Gasteiger partial charge in [0.05, 0.1) is 11.9 Å². The van der Waals surface area contributed by atoms with Crippen LogP contribution in [0.2, 0.25) is 0 Å². The summed E-state index contributed by atoms with van der Waals surface area (Å²) >= 11 is 0. The van der Waals surface area contributed by atoms with Crippen molar-refractivity contribution in [3.8, 4) is 23.4 Å². The molecule has 4 aromatic heterocycles. The van der Waals surface area contributed by atoms with Crippen LogP contribution in [-0.2, 0) is 6.42 Å². The zero-order valence-corrected chi connectivity index (χ0v) is 18.6. The van der Waals surface area contributed by atoms with E-state index in [0.717, 1.165) is 11.1 Å². The molecule has 0 aliphatic carbocycles. The van der Waals surface area contributed by atoms with Crippen molar-refractivity contribution in [1.82, 2.24) is 24.6 Å². The second-order valence-electron chi connectivity index (χ2n) is 8.70. The summed E-state index contributed by atoms with van der Waals surface area (Å²) in [7, 11) is 0. The summed E-state index contributed by atoms with van der Waals surface area (Å²) in [5, 5.41) is 7.73. The molecule has 0 fully saturated rings. The maximum absolute atomic E-state index is 14.3. The van der Waals surface area contributed by atoms with E-state index in [2.05, 4.69) is 64.9 Å². The minimum atomic E-state index is -0.462. The molecular formula is C25H25FN6. The van der Waals surface area contributed by atoms with Gasteiger partial charge < -0.3 is 5.32 Å². The lowest BCUT2D eigenvalue weighted by Gasteiger charge is -2.22. The van der Waals surface area contributed by atoms with E-state index in [1.807, 2.05) is 30.5 Å². The van der Waals surface area contributed by atoms with Crippen LogP contribution in [-0.4, -0.2) is 24.6 Å². The maximum Gasteiger partial charge on any atom is 0.200 e. The van der Waals surface area contributed by atoms with Crippen LogP contribution in [0.4, 0.5) is 15.9 Å². The molecule has 0 bridgehead atoms. The van der Waals surface area contributed by atoms with Crippen LogP contribution >= 0.6 is 0 Å². The molecule has 4 rings (SSSR count). The number of hydrogen-bond acceptors (Lipinski definition) is 5. The Balaban J connectivity index is 1.78. The highest BCUT2D eigenvalue weighted by molar-refractivity contribution is 5.78. The smallest absolute Gasteiger partial charge is 0.200 e. The Kier molecular flexibility index (Phi) is 5.87. The highest BCUT2D eigenvalue weighted by Crippen LogP contribution is 2.28. The van der Waals surface area contributed by atoms with E-state index in [-0.39, 0.29) is 17.0 Å². The first-order chi connectivity index (χ1) is 15.3. The van der Waals surface area contributed by atoms with Crippen molar-refractivity contribution in [3.63, 3.8) is 0 Å². The second-order valence-corrected chi connectivity index (χ2v) is 8.70. The summed E-state index contributed by atoms with van der Waals surface area (Å²) in [6.45, 7) is 8.67. The standard InChI is InChI=1S/C25H25FN6/c1-17(25(2,3)4)8-7-9-18-12-15-32-22(18)24(29-20-11-14-27-16-19(20)26)30-23(31-32)21-10-5-6-13-28-21/h5-6,10-17H,9H2,1-4H3,(H,27,29,30,31)/t17-/m0/s1. The first-order valence-corrected chi connectivity index (χ1v) is 10.5. The quantitative estimate of drug-likeness (QED) is 0.447. The Labute approximate surface area is 187 Å². The molecule has 7 heteroatoms. The minimum Gasteiger partial charge on any atom is -0.336 e. The number of nitrogens with one attached hydrogen (secondary N) is 1. The number of anilines is 2. The van der Waals surface area contributed by atoms with Gasteiger partial charge in [-0.15, -0.1) is 5.10 Å². The van der Waals surface area contributed by atoms with Crippen molar-refractivity contribution < 1.29 is 4.39 Å². The monoisotopic (exact) mass is 428 g/mol. The van der Waals surface area contributed by atoms with Gasteiger partial charge in [0.25, 0.3) is 0 Å². The summed E-state index contributed by atoms with van der Waals surface area (Å²) in [6, 6.07) is 9.08. The zero-order valence-electron chi connectivity index (χ0n) is 18.6. The SMILES string of the molecule is C[C@@H](C#CCc1ccn2nc(-c3ccccn3)nc(Nc3ccncc3F)c12)C(C)(C)C. The molecule has 0 spiro atoms. The van der Waals surface area contributed by atoms with Crippen molar-refractivity contribution in [2.24, 2.45) is 11.3 Å². The van der Waals surface area contributed by atoms with Gasteiger partial charge in [0.1, 0.15) is 11.2 Å². The van der Waals surface area contributed by atoms with Crippen LogP contribution in [0, 0.1) is 29.0 Å². The molecule has 162 valence electrons. The molecule has 0 aliphatic heterocycles. The fourth-order valence-corrected chi connectivity index (χ4v) is 3.04. The number of halogens is 1. The van der Waals surface area contributed by atoms with E-state index in [4.69, 9.17) is 0 Å². The van der Waals surface area contributed by atoms with Gasteiger partial charge in [-0.05, 0) is 35.2 Å². The van der Waals surface area contributed by atoms with Crippen LogP contribution < -0.4 is 5.32 Å². The van der Waals surface area contributed by atoms with Crippen molar-refractivity contribution in [2.45, 2.75) is 34.1 Å². The van der Waals surface area contributed by atoms with Crippen molar-refractivity contribution >= 4 is 17.0 Å². The van der Waals surface area contributed by atoms with Crippen LogP contribution in [0.3, 0.4) is 0 Å². The topological polar surface area (TPSA) is 68.0 Å². The van der Waals surface area contributed by atoms with Crippen molar-refractivity contribution in [2.75, 3.05) is 5.32 Å². The fourth-order valence-electron chi connectivity index (χ4n) is 3.04. The Morgan fingerprint density at radius 1 is 1.16 bits per heavy atom. The van der Waals surface area contributed by atoms with Gasteiger partial charge in [-0.3, -0.25) is 9.97 Å². The normalized spacial score (nSPS) is 12.3. The Morgan fingerprint density at radius 2 is 2.00 bits per heavy atom. The van der Waals surface area contributed by atoms with Gasteiger partial charge in [0, 0.05) is 30.9 Å². The number of rotatable bonds is 4. The number of aromatic nitrogens is 5. The van der Waals surface area contributed by atoms with Crippen LogP contribution in [0.15, 0.2) is 55.1 Å². The predicted molar refractivity (Wildman–Crippen MR) is 124 cm³/mol. The summed E-state index contributed by atoms with van der Waals surface area (Å²) in [4.78, 5) is 12.8. The van der Waals surface area contributed by atoms with E-state index in [0.29, 0.717) is 23.8 Å². The molecule has 0 saturated heterocycles. The Hall–Kier alpha value is -3.79. The molecule has 0 unspecified atom stereocenters. The second kappa shape index (κ2) is 8.75. The number of hydrogen-bond donors (Lipinski definition) is 1. The first kappa shape index (κ1) is 21.4. The third-order valence-electron chi connectivity index (χ3n) is 5.41. The van der Waals surface area contributed by atoms with Gasteiger partial charge in [-0.2, -0.15) is 0 Å². The molecule has 0 amide bonds. The van der Waals surface area contributed by atoms with Crippen molar-refractivity contribution in [1.29, 1.82) is 0 Å². The molecule has 1 atom stereocenters.